The van der Waals surface area contributed by atoms with Crippen molar-refractivity contribution in [1.29, 1.82) is 0 Å². The van der Waals surface area contributed by atoms with Crippen LogP contribution in [-0.2, 0) is 4.74 Å². The second-order valence-electron chi connectivity index (χ2n) is 3.30. The quantitative estimate of drug-likeness (QED) is 0.614. The van der Waals surface area contributed by atoms with Crippen molar-refractivity contribution in [1.82, 2.24) is 0 Å². The van der Waals surface area contributed by atoms with E-state index in [1.54, 1.807) is 6.92 Å². The van der Waals surface area contributed by atoms with Crippen LogP contribution in [0.4, 0.5) is 0 Å². The fraction of sp³-hybridized carbons (Fsp3) is 0.333. The zero-order valence-electron chi connectivity index (χ0n) is 9.87. The highest BCUT2D eigenvalue weighted by Gasteiger charge is 2.21. The number of ether oxygens (including phenoxy) is 2. The number of rotatable bonds is 4. The van der Waals surface area contributed by atoms with Gasteiger partial charge in [0.15, 0.2) is 5.78 Å². The summed E-state index contributed by atoms with van der Waals surface area (Å²) >= 11 is 5.87. The summed E-state index contributed by atoms with van der Waals surface area (Å²) < 4.78 is 9.71. The van der Waals surface area contributed by atoms with Crippen LogP contribution in [0.2, 0.25) is 5.02 Å². The molecule has 0 aliphatic rings. The number of methoxy groups -OCH3 is 2. The molecule has 0 saturated carbocycles. The average Bonchev–Trinajstić information content (AvgIpc) is 2.35. The first-order valence-electron chi connectivity index (χ1n) is 5.04. The first-order valence-corrected chi connectivity index (χ1v) is 5.42. The van der Waals surface area contributed by atoms with E-state index >= 15 is 0 Å². The van der Waals surface area contributed by atoms with E-state index in [1.807, 2.05) is 0 Å². The second kappa shape index (κ2) is 5.68. The Hall–Kier alpha value is -1.55. The highest BCUT2D eigenvalue weighted by molar-refractivity contribution is 6.31. The second-order valence-corrected chi connectivity index (χ2v) is 3.74. The third-order valence-electron chi connectivity index (χ3n) is 2.28. The molecule has 0 amide bonds. The molecule has 4 nitrogen and oxygen atoms in total. The average molecular weight is 257 g/mol. The van der Waals surface area contributed by atoms with E-state index in [4.69, 9.17) is 16.3 Å². The van der Waals surface area contributed by atoms with E-state index in [9.17, 15) is 9.59 Å². The fourth-order valence-electron chi connectivity index (χ4n) is 1.47. The van der Waals surface area contributed by atoms with Crippen LogP contribution < -0.4 is 4.74 Å². The number of Topliss-reactive ketones (excluding diaryl/α,β-unsaturated/α-hetero) is 1. The zero-order valence-corrected chi connectivity index (χ0v) is 10.6. The minimum Gasteiger partial charge on any atom is -0.495 e. The molecule has 1 aromatic rings. The maximum absolute atomic E-state index is 11.7. The predicted molar refractivity (Wildman–Crippen MR) is 64.0 cm³/mol. The van der Waals surface area contributed by atoms with E-state index < -0.39 is 5.97 Å². The molecular formula is C12H13ClO4. The van der Waals surface area contributed by atoms with E-state index in [1.165, 1.54) is 26.4 Å². The molecule has 92 valence electrons. The molecule has 0 N–H and O–H groups in total. The molecule has 17 heavy (non-hydrogen) atoms. The lowest BCUT2D eigenvalue weighted by molar-refractivity contribution is 0.0597. The van der Waals surface area contributed by atoms with E-state index in [0.29, 0.717) is 17.0 Å². The molecule has 1 rings (SSSR count). The minimum absolute atomic E-state index is 0.144. The van der Waals surface area contributed by atoms with Gasteiger partial charge in [-0.15, -0.1) is 0 Å². The summed E-state index contributed by atoms with van der Waals surface area (Å²) in [7, 11) is 2.64. The summed E-state index contributed by atoms with van der Waals surface area (Å²) in [5.74, 6) is -0.530. The Morgan fingerprint density at radius 3 is 2.29 bits per heavy atom. The van der Waals surface area contributed by atoms with Gasteiger partial charge >= 0.3 is 5.97 Å². The molecule has 5 heteroatoms. The standard InChI is InChI=1S/C12H13ClO4/c1-4-10(14)8-5-7(13)6-9(11(8)16-2)12(15)17-3/h5-6H,4H2,1-3H3. The third-order valence-corrected chi connectivity index (χ3v) is 2.50. The molecule has 0 aromatic heterocycles. The van der Waals surface area contributed by atoms with Gasteiger partial charge in [0.25, 0.3) is 0 Å². The van der Waals surface area contributed by atoms with Crippen LogP contribution in [0.3, 0.4) is 0 Å². The number of hydrogen-bond donors (Lipinski definition) is 0. The largest absolute Gasteiger partial charge is 0.495 e. The van der Waals surface area contributed by atoms with Gasteiger partial charge in [-0.3, -0.25) is 4.79 Å². The molecule has 0 aliphatic carbocycles. The number of ketones is 1. The van der Waals surface area contributed by atoms with Crippen LogP contribution in [0.5, 0.6) is 5.75 Å². The first-order chi connectivity index (χ1) is 8.04. The Morgan fingerprint density at radius 1 is 1.24 bits per heavy atom. The molecule has 0 aliphatic heterocycles. The maximum Gasteiger partial charge on any atom is 0.341 e. The van der Waals surface area contributed by atoms with Gasteiger partial charge in [-0.25, -0.2) is 4.79 Å². The van der Waals surface area contributed by atoms with Crippen molar-refractivity contribution in [3.63, 3.8) is 0 Å². The predicted octanol–water partition coefficient (Wildman–Crippen LogP) is 2.73. The Labute approximate surface area is 104 Å². The SMILES string of the molecule is CCC(=O)c1cc(Cl)cc(C(=O)OC)c1OC. The monoisotopic (exact) mass is 256 g/mol. The number of benzene rings is 1. The van der Waals surface area contributed by atoms with Crippen molar-refractivity contribution in [3.8, 4) is 5.75 Å². The topological polar surface area (TPSA) is 52.6 Å². The highest BCUT2D eigenvalue weighted by atomic mass is 35.5. The summed E-state index contributed by atoms with van der Waals surface area (Å²) in [5, 5.41) is 0.294. The highest BCUT2D eigenvalue weighted by Crippen LogP contribution is 2.29. The van der Waals surface area contributed by atoms with Crippen molar-refractivity contribution >= 4 is 23.4 Å². The summed E-state index contributed by atoms with van der Waals surface area (Å²) in [6, 6.07) is 2.90. The Morgan fingerprint density at radius 2 is 1.82 bits per heavy atom. The van der Waals surface area contributed by atoms with Crippen molar-refractivity contribution in [3.05, 3.63) is 28.3 Å². The van der Waals surface area contributed by atoms with Crippen molar-refractivity contribution in [2.24, 2.45) is 0 Å². The number of carbonyl (C=O) groups is 2. The molecule has 0 spiro atoms. The van der Waals surface area contributed by atoms with E-state index in [2.05, 4.69) is 4.74 Å². The van der Waals surface area contributed by atoms with Gasteiger partial charge in [-0.1, -0.05) is 18.5 Å². The smallest absolute Gasteiger partial charge is 0.341 e. The van der Waals surface area contributed by atoms with Gasteiger partial charge in [0.05, 0.1) is 19.8 Å². The Bertz CT molecular complexity index is 417. The van der Waals surface area contributed by atoms with Crippen LogP contribution in [0.15, 0.2) is 12.1 Å². The normalized spacial score (nSPS) is 9.88. The Balaban J connectivity index is 3.45. The number of esters is 1. The minimum atomic E-state index is -0.588. The van der Waals surface area contributed by atoms with E-state index in [-0.39, 0.29) is 17.1 Å². The molecule has 0 saturated heterocycles. The third kappa shape index (κ3) is 2.77. The fourth-order valence-corrected chi connectivity index (χ4v) is 1.69. The van der Waals surface area contributed by atoms with Gasteiger partial charge in [-0.2, -0.15) is 0 Å². The Kier molecular flexibility index (Phi) is 4.52. The maximum atomic E-state index is 11.7. The van der Waals surface area contributed by atoms with Gasteiger partial charge < -0.3 is 9.47 Å². The zero-order chi connectivity index (χ0) is 13.0. The lowest BCUT2D eigenvalue weighted by atomic mass is 10.0. The molecule has 0 fully saturated rings. The summed E-state index contributed by atoms with van der Waals surface area (Å²) in [5.41, 5.74) is 0.446. The molecule has 0 bridgehead atoms. The number of hydrogen-bond acceptors (Lipinski definition) is 4. The lowest BCUT2D eigenvalue weighted by Gasteiger charge is -2.11. The van der Waals surface area contributed by atoms with Gasteiger partial charge in [0.2, 0.25) is 0 Å². The van der Waals surface area contributed by atoms with Crippen LogP contribution in [0, 0.1) is 0 Å². The van der Waals surface area contributed by atoms with Crippen LogP contribution in [0.25, 0.3) is 0 Å². The molecule has 0 radical (unpaired) electrons. The van der Waals surface area contributed by atoms with Crippen molar-refractivity contribution in [2.75, 3.05) is 14.2 Å². The van der Waals surface area contributed by atoms with Gasteiger partial charge in [0, 0.05) is 11.4 Å². The molecule has 0 unspecified atom stereocenters. The van der Waals surface area contributed by atoms with Gasteiger partial charge in [-0.05, 0) is 12.1 Å². The molecule has 0 heterocycles. The lowest BCUT2D eigenvalue weighted by Crippen LogP contribution is -2.09. The first kappa shape index (κ1) is 13.5. The molecule has 0 atom stereocenters. The van der Waals surface area contributed by atoms with Crippen molar-refractivity contribution < 1.29 is 19.1 Å². The van der Waals surface area contributed by atoms with Gasteiger partial charge in [0.1, 0.15) is 11.3 Å². The number of halogens is 1. The molecule has 1 aromatic carbocycles. The summed E-state index contributed by atoms with van der Waals surface area (Å²) in [6.07, 6.45) is 0.303. The van der Waals surface area contributed by atoms with Crippen LogP contribution >= 0.6 is 11.6 Å². The number of carbonyl (C=O) groups excluding carboxylic acids is 2. The van der Waals surface area contributed by atoms with Crippen LogP contribution in [0.1, 0.15) is 34.1 Å². The van der Waals surface area contributed by atoms with E-state index in [0.717, 1.165) is 0 Å². The van der Waals surface area contributed by atoms with Crippen LogP contribution in [-0.4, -0.2) is 26.0 Å². The summed E-state index contributed by atoms with van der Waals surface area (Å²) in [4.78, 5) is 23.3. The van der Waals surface area contributed by atoms with Crippen molar-refractivity contribution in [2.45, 2.75) is 13.3 Å². The molecular weight excluding hydrogens is 244 g/mol. The summed E-state index contributed by atoms with van der Waals surface area (Å²) in [6.45, 7) is 1.72.